The topological polar surface area (TPSA) is 93.2 Å². The lowest BCUT2D eigenvalue weighted by Crippen LogP contribution is -2.26. The quantitative estimate of drug-likeness (QED) is 0.740. The lowest BCUT2D eigenvalue weighted by atomic mass is 9.87. The average molecular weight is 376 g/mol. The van der Waals surface area contributed by atoms with Crippen LogP contribution in [0.2, 0.25) is 0 Å². The van der Waals surface area contributed by atoms with E-state index in [2.05, 4.69) is 6.07 Å². The minimum Gasteiger partial charge on any atom is -0.440 e. The van der Waals surface area contributed by atoms with E-state index in [0.717, 1.165) is 28.2 Å². The lowest BCUT2D eigenvalue weighted by Gasteiger charge is -2.29. The maximum absolute atomic E-state index is 12.5. The Morgan fingerprint density at radius 3 is 2.41 bits per heavy atom. The van der Waals surface area contributed by atoms with Crippen LogP contribution in [-0.4, -0.2) is 14.7 Å². The Bertz CT molecular complexity index is 1240. The molecule has 0 radical (unpaired) electrons. The molecule has 6 heteroatoms. The van der Waals surface area contributed by atoms with Crippen LogP contribution in [0.15, 0.2) is 71.5 Å². The highest BCUT2D eigenvalue weighted by Gasteiger charge is 2.36. The highest BCUT2D eigenvalue weighted by atomic mass is 32.2. The fourth-order valence-electron chi connectivity index (χ4n) is 3.52. The molecule has 0 aromatic heterocycles. The summed E-state index contributed by atoms with van der Waals surface area (Å²) in [5.41, 5.74) is 8.05. The SMILES string of the molecule is CS(=O)(=O)C1=C(N)Oc2c(ccc3ccccc23)C1c1ccc(C#N)cc1. The van der Waals surface area contributed by atoms with Crippen LogP contribution in [0.1, 0.15) is 22.6 Å². The average Bonchev–Trinajstić information content (AvgIpc) is 2.66. The first-order valence-corrected chi connectivity index (χ1v) is 10.2. The maximum atomic E-state index is 12.5. The second kappa shape index (κ2) is 6.15. The number of nitriles is 1. The molecule has 3 aromatic carbocycles. The minimum absolute atomic E-state index is 0.0370. The van der Waals surface area contributed by atoms with Gasteiger partial charge in [-0.05, 0) is 23.1 Å². The number of hydrogen-bond acceptors (Lipinski definition) is 5. The molecule has 0 fully saturated rings. The summed E-state index contributed by atoms with van der Waals surface area (Å²) in [5, 5.41) is 10.9. The molecule has 5 nitrogen and oxygen atoms in total. The smallest absolute Gasteiger partial charge is 0.206 e. The highest BCUT2D eigenvalue weighted by Crippen LogP contribution is 2.46. The van der Waals surface area contributed by atoms with Gasteiger partial charge in [-0.3, -0.25) is 0 Å². The van der Waals surface area contributed by atoms with E-state index in [0.29, 0.717) is 11.3 Å². The van der Waals surface area contributed by atoms with Gasteiger partial charge in [0.2, 0.25) is 5.88 Å². The molecule has 1 aliphatic heterocycles. The molecule has 0 spiro atoms. The van der Waals surface area contributed by atoms with Crippen LogP contribution < -0.4 is 10.5 Å². The summed E-state index contributed by atoms with van der Waals surface area (Å²) in [6.45, 7) is 0. The van der Waals surface area contributed by atoms with Gasteiger partial charge < -0.3 is 10.5 Å². The number of sulfone groups is 1. The van der Waals surface area contributed by atoms with E-state index in [9.17, 15) is 8.42 Å². The van der Waals surface area contributed by atoms with Gasteiger partial charge in [-0.2, -0.15) is 5.26 Å². The summed E-state index contributed by atoms with van der Waals surface area (Å²) in [5.74, 6) is -0.149. The summed E-state index contributed by atoms with van der Waals surface area (Å²) < 4.78 is 30.8. The molecule has 0 aliphatic carbocycles. The first-order valence-electron chi connectivity index (χ1n) is 8.29. The molecule has 3 aromatic rings. The minimum atomic E-state index is -3.62. The molecule has 4 rings (SSSR count). The molecular weight excluding hydrogens is 360 g/mol. The van der Waals surface area contributed by atoms with Crippen LogP contribution in [0.5, 0.6) is 5.75 Å². The molecule has 1 unspecified atom stereocenters. The van der Waals surface area contributed by atoms with Crippen molar-refractivity contribution in [1.29, 1.82) is 5.26 Å². The van der Waals surface area contributed by atoms with Crippen LogP contribution in [-0.2, 0) is 9.84 Å². The fourth-order valence-corrected chi connectivity index (χ4v) is 4.62. The zero-order valence-corrected chi connectivity index (χ0v) is 15.3. The van der Waals surface area contributed by atoms with Crippen LogP contribution >= 0.6 is 0 Å². The Balaban J connectivity index is 2.03. The predicted octanol–water partition coefficient (Wildman–Crippen LogP) is 3.41. The van der Waals surface area contributed by atoms with Gasteiger partial charge in [0.15, 0.2) is 9.84 Å². The molecule has 0 saturated carbocycles. The first kappa shape index (κ1) is 17.1. The number of ether oxygens (including phenoxy) is 1. The molecule has 0 amide bonds. The van der Waals surface area contributed by atoms with Crippen molar-refractivity contribution in [2.24, 2.45) is 5.73 Å². The van der Waals surface area contributed by atoms with Gasteiger partial charge >= 0.3 is 0 Å². The van der Waals surface area contributed by atoms with Crippen molar-refractivity contribution in [3.05, 3.63) is 88.1 Å². The molecule has 0 bridgehead atoms. The van der Waals surface area contributed by atoms with Crippen molar-refractivity contribution in [2.45, 2.75) is 5.92 Å². The van der Waals surface area contributed by atoms with Crippen molar-refractivity contribution in [3.8, 4) is 11.8 Å². The zero-order chi connectivity index (χ0) is 19.2. The molecular formula is C21H16N2O3S. The summed E-state index contributed by atoms with van der Waals surface area (Å²) in [6.07, 6.45) is 1.13. The van der Waals surface area contributed by atoms with E-state index >= 15 is 0 Å². The Morgan fingerprint density at radius 1 is 1.04 bits per heavy atom. The number of rotatable bonds is 2. The fraction of sp³-hybridized carbons (Fsp3) is 0.0952. The summed E-state index contributed by atoms with van der Waals surface area (Å²) >= 11 is 0. The van der Waals surface area contributed by atoms with Crippen molar-refractivity contribution in [3.63, 3.8) is 0 Å². The zero-order valence-electron chi connectivity index (χ0n) is 14.5. The number of benzene rings is 3. The third-order valence-corrected chi connectivity index (χ3v) is 5.95. The van der Waals surface area contributed by atoms with E-state index in [1.165, 1.54) is 0 Å². The summed E-state index contributed by atoms with van der Waals surface area (Å²) in [4.78, 5) is 0.0370. The van der Waals surface area contributed by atoms with E-state index in [4.69, 9.17) is 15.7 Å². The Kier molecular flexibility index (Phi) is 3.90. The van der Waals surface area contributed by atoms with E-state index < -0.39 is 15.8 Å². The monoisotopic (exact) mass is 376 g/mol. The number of hydrogen-bond donors (Lipinski definition) is 1. The van der Waals surface area contributed by atoms with Gasteiger partial charge in [-0.15, -0.1) is 0 Å². The number of fused-ring (bicyclic) bond motifs is 3. The largest absolute Gasteiger partial charge is 0.440 e. The van der Waals surface area contributed by atoms with E-state index in [1.807, 2.05) is 36.4 Å². The molecule has 1 aliphatic rings. The van der Waals surface area contributed by atoms with E-state index in [-0.39, 0.29) is 10.8 Å². The normalized spacial score (nSPS) is 16.5. The van der Waals surface area contributed by atoms with Gasteiger partial charge in [0, 0.05) is 17.2 Å². The molecule has 1 atom stereocenters. The highest BCUT2D eigenvalue weighted by molar-refractivity contribution is 7.94. The molecule has 2 N–H and O–H groups in total. The molecule has 0 saturated heterocycles. The second-order valence-corrected chi connectivity index (χ2v) is 8.46. The van der Waals surface area contributed by atoms with Crippen molar-refractivity contribution in [2.75, 3.05) is 6.26 Å². The molecule has 1 heterocycles. The van der Waals surface area contributed by atoms with Crippen molar-refractivity contribution < 1.29 is 13.2 Å². The van der Waals surface area contributed by atoms with Crippen LogP contribution in [0.25, 0.3) is 10.8 Å². The van der Waals surface area contributed by atoms with Crippen LogP contribution in [0.4, 0.5) is 0 Å². The van der Waals surface area contributed by atoms with E-state index in [1.54, 1.807) is 24.3 Å². The van der Waals surface area contributed by atoms with Crippen molar-refractivity contribution >= 4 is 20.6 Å². The third kappa shape index (κ3) is 2.82. The second-order valence-electron chi connectivity index (χ2n) is 6.47. The Hall–Kier alpha value is -3.30. The standard InChI is InChI=1S/C21H16N2O3S/c1-27(24,25)20-18(15-8-6-13(12-22)7-9-15)17-11-10-14-4-2-3-5-16(14)19(17)26-21(20)23/h2-11,18H,23H2,1H3. The number of nitrogens with zero attached hydrogens (tertiary/aromatic N) is 1. The van der Waals surface area contributed by atoms with Crippen LogP contribution in [0.3, 0.4) is 0 Å². The predicted molar refractivity (Wildman–Crippen MR) is 104 cm³/mol. The van der Waals surface area contributed by atoms with Gasteiger partial charge in [-0.25, -0.2) is 8.42 Å². The summed E-state index contributed by atoms with van der Waals surface area (Å²) in [6, 6.07) is 20.4. The maximum Gasteiger partial charge on any atom is 0.206 e. The van der Waals surface area contributed by atoms with Gasteiger partial charge in [0.1, 0.15) is 10.7 Å². The number of allylic oxidation sites excluding steroid dienone is 1. The Morgan fingerprint density at radius 2 is 1.74 bits per heavy atom. The van der Waals surface area contributed by atoms with Crippen molar-refractivity contribution in [1.82, 2.24) is 0 Å². The summed E-state index contributed by atoms with van der Waals surface area (Å²) in [7, 11) is -3.62. The third-order valence-electron chi connectivity index (χ3n) is 4.71. The van der Waals surface area contributed by atoms with Gasteiger partial charge in [0.05, 0.1) is 17.6 Å². The van der Waals surface area contributed by atoms with Gasteiger partial charge in [-0.1, -0.05) is 48.5 Å². The first-order chi connectivity index (χ1) is 12.9. The Labute approximate surface area is 157 Å². The van der Waals surface area contributed by atoms with Crippen LogP contribution in [0, 0.1) is 11.3 Å². The number of nitrogens with two attached hydrogens (primary N) is 1. The molecule has 134 valence electrons. The lowest BCUT2D eigenvalue weighted by molar-refractivity contribution is 0.400. The molecule has 27 heavy (non-hydrogen) atoms. The van der Waals surface area contributed by atoms with Gasteiger partial charge in [0.25, 0.3) is 0 Å².